The Morgan fingerprint density at radius 3 is 2.12 bits per heavy atom. The van der Waals surface area contributed by atoms with Gasteiger partial charge in [0.2, 0.25) is 0 Å². The highest BCUT2D eigenvalue weighted by Crippen LogP contribution is 2.41. The molecule has 0 unspecified atom stereocenters. The molecule has 0 aliphatic rings. The van der Waals surface area contributed by atoms with Crippen LogP contribution in [-0.4, -0.2) is 4.98 Å². The molecule has 0 N–H and O–H groups in total. The number of pyridine rings is 1. The SMILES string of the molecule is CC(C)c1ccnc(-c2ccc(-c3ccc(-c4ccccc4)cc3)c3c2oc2ccccc23)c1. The van der Waals surface area contributed by atoms with Crippen LogP contribution in [0.1, 0.15) is 25.3 Å². The lowest BCUT2D eigenvalue weighted by Crippen LogP contribution is -1.91. The molecule has 0 radical (unpaired) electrons. The van der Waals surface area contributed by atoms with Crippen LogP contribution in [0.3, 0.4) is 0 Å². The second-order valence-electron chi connectivity index (χ2n) is 9.04. The number of rotatable bonds is 4. The largest absolute Gasteiger partial charge is 0.455 e. The summed E-state index contributed by atoms with van der Waals surface area (Å²) in [6.45, 7) is 4.41. The Kier molecular flexibility index (Phi) is 5.00. The van der Waals surface area contributed by atoms with Crippen LogP contribution in [0.5, 0.6) is 0 Å². The van der Waals surface area contributed by atoms with Crippen LogP contribution in [0, 0.1) is 0 Å². The highest BCUT2D eigenvalue weighted by Gasteiger charge is 2.18. The fraction of sp³-hybridized carbons (Fsp3) is 0.0938. The van der Waals surface area contributed by atoms with Crippen LogP contribution < -0.4 is 0 Å². The summed E-state index contributed by atoms with van der Waals surface area (Å²) < 4.78 is 6.45. The fourth-order valence-corrected chi connectivity index (χ4v) is 4.70. The van der Waals surface area contributed by atoms with Crippen molar-refractivity contribution in [3.05, 3.63) is 115 Å². The van der Waals surface area contributed by atoms with Gasteiger partial charge in [-0.3, -0.25) is 4.98 Å². The van der Waals surface area contributed by atoms with Gasteiger partial charge < -0.3 is 4.42 Å². The second kappa shape index (κ2) is 8.31. The number of hydrogen-bond acceptors (Lipinski definition) is 2. The third kappa shape index (κ3) is 3.48. The average molecular weight is 440 g/mol. The van der Waals surface area contributed by atoms with Gasteiger partial charge in [0.05, 0.1) is 5.69 Å². The van der Waals surface area contributed by atoms with Crippen LogP contribution in [0.15, 0.2) is 114 Å². The number of fused-ring (bicyclic) bond motifs is 3. The molecule has 0 aliphatic carbocycles. The van der Waals surface area contributed by atoms with E-state index in [0.29, 0.717) is 5.92 Å². The van der Waals surface area contributed by atoms with Gasteiger partial charge in [-0.05, 0) is 58.0 Å². The first-order valence-corrected chi connectivity index (χ1v) is 11.8. The monoisotopic (exact) mass is 439 g/mol. The standard InChI is InChI=1S/C32H25NO/c1-21(2)25-18-19-33-29(20-25)27-17-16-26(31-28-10-6-7-11-30(28)34-32(27)31)24-14-12-23(13-15-24)22-8-4-3-5-9-22/h3-21H,1-2H3. The summed E-state index contributed by atoms with van der Waals surface area (Å²) in [5.41, 5.74) is 9.80. The second-order valence-corrected chi connectivity index (χ2v) is 9.04. The molecule has 6 rings (SSSR count). The van der Waals surface area contributed by atoms with E-state index in [1.807, 2.05) is 24.4 Å². The number of hydrogen-bond donors (Lipinski definition) is 0. The summed E-state index contributed by atoms with van der Waals surface area (Å²) in [4.78, 5) is 4.70. The van der Waals surface area contributed by atoms with Gasteiger partial charge in [-0.15, -0.1) is 0 Å². The lowest BCUT2D eigenvalue weighted by atomic mass is 9.94. The van der Waals surface area contributed by atoms with Crippen molar-refractivity contribution >= 4 is 21.9 Å². The van der Waals surface area contributed by atoms with E-state index in [2.05, 4.69) is 98.8 Å². The Balaban J connectivity index is 1.55. The molecule has 0 atom stereocenters. The predicted octanol–water partition coefficient (Wildman–Crippen LogP) is 9.11. The summed E-state index contributed by atoms with van der Waals surface area (Å²) in [6.07, 6.45) is 1.90. The van der Waals surface area contributed by atoms with Crippen molar-refractivity contribution in [1.29, 1.82) is 0 Å². The van der Waals surface area contributed by atoms with Crippen LogP contribution in [-0.2, 0) is 0 Å². The summed E-state index contributed by atoms with van der Waals surface area (Å²) in [6, 6.07) is 36.2. The summed E-state index contributed by atoms with van der Waals surface area (Å²) in [5.74, 6) is 0.440. The fourth-order valence-electron chi connectivity index (χ4n) is 4.70. The summed E-state index contributed by atoms with van der Waals surface area (Å²) in [5, 5.41) is 2.26. The van der Waals surface area contributed by atoms with E-state index in [1.165, 1.54) is 27.8 Å². The molecular formula is C32H25NO. The van der Waals surface area contributed by atoms with Crippen molar-refractivity contribution in [1.82, 2.24) is 4.98 Å². The Bertz CT molecular complexity index is 1610. The number of aromatic nitrogens is 1. The first-order valence-electron chi connectivity index (χ1n) is 11.8. The van der Waals surface area contributed by atoms with E-state index in [-0.39, 0.29) is 0 Å². The topological polar surface area (TPSA) is 26.0 Å². The predicted molar refractivity (Wildman–Crippen MR) is 142 cm³/mol. The Labute approximate surface area is 199 Å². The summed E-state index contributed by atoms with van der Waals surface area (Å²) >= 11 is 0. The molecule has 0 fully saturated rings. The minimum Gasteiger partial charge on any atom is -0.455 e. The quantitative estimate of drug-likeness (QED) is 0.274. The van der Waals surface area contributed by atoms with E-state index < -0.39 is 0 Å². The number of para-hydroxylation sites is 1. The molecule has 0 saturated heterocycles. The van der Waals surface area contributed by atoms with Gasteiger partial charge in [0.15, 0.2) is 0 Å². The molecule has 4 aromatic carbocycles. The van der Waals surface area contributed by atoms with E-state index in [4.69, 9.17) is 9.40 Å². The third-order valence-corrected chi connectivity index (χ3v) is 6.56. The maximum absolute atomic E-state index is 6.45. The van der Waals surface area contributed by atoms with Crippen LogP contribution in [0.25, 0.3) is 55.4 Å². The molecule has 2 nitrogen and oxygen atoms in total. The van der Waals surface area contributed by atoms with Gasteiger partial charge in [0.1, 0.15) is 11.2 Å². The zero-order chi connectivity index (χ0) is 23.1. The first kappa shape index (κ1) is 20.4. The van der Waals surface area contributed by atoms with Gasteiger partial charge in [-0.1, -0.05) is 92.7 Å². The maximum Gasteiger partial charge on any atom is 0.145 e. The lowest BCUT2D eigenvalue weighted by Gasteiger charge is -2.11. The molecular weight excluding hydrogens is 414 g/mol. The number of benzene rings is 4. The Hall–Kier alpha value is -4.17. The molecule has 0 amide bonds. The van der Waals surface area contributed by atoms with Gasteiger partial charge in [-0.2, -0.15) is 0 Å². The minimum absolute atomic E-state index is 0.440. The minimum atomic E-state index is 0.440. The van der Waals surface area contributed by atoms with Crippen LogP contribution >= 0.6 is 0 Å². The zero-order valence-corrected chi connectivity index (χ0v) is 19.3. The molecule has 2 heteroatoms. The highest BCUT2D eigenvalue weighted by atomic mass is 16.3. The van der Waals surface area contributed by atoms with E-state index in [0.717, 1.165) is 33.2 Å². The number of nitrogens with zero attached hydrogens (tertiary/aromatic N) is 1. The Morgan fingerprint density at radius 1 is 0.647 bits per heavy atom. The van der Waals surface area contributed by atoms with Crippen molar-refractivity contribution in [3.63, 3.8) is 0 Å². The average Bonchev–Trinajstić information content (AvgIpc) is 3.29. The van der Waals surface area contributed by atoms with Gasteiger partial charge in [0, 0.05) is 22.5 Å². The molecule has 2 aromatic heterocycles. The molecule has 0 bridgehead atoms. The van der Waals surface area contributed by atoms with Crippen molar-refractivity contribution in [2.75, 3.05) is 0 Å². The van der Waals surface area contributed by atoms with Gasteiger partial charge in [-0.25, -0.2) is 0 Å². The van der Waals surface area contributed by atoms with Gasteiger partial charge in [0.25, 0.3) is 0 Å². The molecule has 0 aliphatic heterocycles. The van der Waals surface area contributed by atoms with E-state index in [9.17, 15) is 0 Å². The summed E-state index contributed by atoms with van der Waals surface area (Å²) in [7, 11) is 0. The maximum atomic E-state index is 6.45. The third-order valence-electron chi connectivity index (χ3n) is 6.56. The molecule has 34 heavy (non-hydrogen) atoms. The van der Waals surface area contributed by atoms with Crippen molar-refractivity contribution in [3.8, 4) is 33.5 Å². The number of furan rings is 1. The van der Waals surface area contributed by atoms with E-state index >= 15 is 0 Å². The Morgan fingerprint density at radius 2 is 1.32 bits per heavy atom. The molecule has 2 heterocycles. The molecule has 0 spiro atoms. The molecule has 0 saturated carbocycles. The lowest BCUT2D eigenvalue weighted by molar-refractivity contribution is 0.670. The normalized spacial score (nSPS) is 11.5. The molecule has 6 aromatic rings. The van der Waals surface area contributed by atoms with Gasteiger partial charge >= 0.3 is 0 Å². The zero-order valence-electron chi connectivity index (χ0n) is 19.3. The van der Waals surface area contributed by atoms with E-state index in [1.54, 1.807) is 0 Å². The van der Waals surface area contributed by atoms with Crippen molar-refractivity contribution in [2.45, 2.75) is 19.8 Å². The van der Waals surface area contributed by atoms with Crippen molar-refractivity contribution in [2.24, 2.45) is 0 Å². The van der Waals surface area contributed by atoms with Crippen LogP contribution in [0.2, 0.25) is 0 Å². The van der Waals surface area contributed by atoms with Crippen LogP contribution in [0.4, 0.5) is 0 Å². The molecule has 164 valence electrons. The van der Waals surface area contributed by atoms with Crippen molar-refractivity contribution < 1.29 is 4.42 Å². The smallest absolute Gasteiger partial charge is 0.145 e. The highest BCUT2D eigenvalue weighted by molar-refractivity contribution is 6.16. The first-order chi connectivity index (χ1) is 16.7.